The van der Waals surface area contributed by atoms with Crippen molar-refractivity contribution in [2.24, 2.45) is 5.41 Å². The van der Waals surface area contributed by atoms with Crippen LogP contribution in [0.1, 0.15) is 57.0 Å². The van der Waals surface area contributed by atoms with Gasteiger partial charge in [-0.05, 0) is 49.8 Å². The fraction of sp³-hybridized carbons (Fsp3) is 0.542. The molecular formula is C24H31FN4O2. The van der Waals surface area contributed by atoms with Crippen molar-refractivity contribution < 1.29 is 13.9 Å². The summed E-state index contributed by atoms with van der Waals surface area (Å²) in [6.07, 6.45) is 3.92. The minimum atomic E-state index is -0.331. The molecule has 4 rings (SSSR count). The number of halogens is 1. The number of benzene rings is 1. The first-order chi connectivity index (χ1) is 14.7. The summed E-state index contributed by atoms with van der Waals surface area (Å²) in [7, 11) is 0. The van der Waals surface area contributed by atoms with Gasteiger partial charge in [0.25, 0.3) is 0 Å². The Bertz CT molecular complexity index is 954. The smallest absolute Gasteiger partial charge is 0.225 e. The summed E-state index contributed by atoms with van der Waals surface area (Å²) in [5.74, 6) is 0.268. The Morgan fingerprint density at radius 1 is 1.29 bits per heavy atom. The molecule has 166 valence electrons. The third-order valence-electron chi connectivity index (χ3n) is 5.96. The maximum Gasteiger partial charge on any atom is 0.225 e. The van der Waals surface area contributed by atoms with Crippen molar-refractivity contribution >= 4 is 11.9 Å². The lowest BCUT2D eigenvalue weighted by atomic mass is 9.74. The maximum absolute atomic E-state index is 13.5. The minimum absolute atomic E-state index is 0.00101. The van der Waals surface area contributed by atoms with Crippen molar-refractivity contribution in [3.63, 3.8) is 0 Å². The second-order valence-electron chi connectivity index (χ2n) is 9.71. The molecule has 31 heavy (non-hydrogen) atoms. The largest absolute Gasteiger partial charge is 0.372 e. The normalized spacial score (nSPS) is 25.1. The molecule has 2 aromatic rings. The van der Waals surface area contributed by atoms with Crippen molar-refractivity contribution in [3.8, 4) is 0 Å². The van der Waals surface area contributed by atoms with Crippen molar-refractivity contribution in [1.29, 1.82) is 0 Å². The monoisotopic (exact) mass is 426 g/mol. The molecule has 0 radical (unpaired) electrons. The molecule has 3 atom stereocenters. The average Bonchev–Trinajstić information content (AvgIpc) is 2.65. The van der Waals surface area contributed by atoms with Crippen LogP contribution in [0.2, 0.25) is 0 Å². The van der Waals surface area contributed by atoms with E-state index in [1.807, 2.05) is 6.20 Å². The van der Waals surface area contributed by atoms with Gasteiger partial charge in [0.1, 0.15) is 5.82 Å². The van der Waals surface area contributed by atoms with E-state index in [1.165, 1.54) is 12.1 Å². The van der Waals surface area contributed by atoms with Gasteiger partial charge in [0.2, 0.25) is 11.9 Å². The van der Waals surface area contributed by atoms with Crippen molar-refractivity contribution in [2.75, 3.05) is 18.0 Å². The van der Waals surface area contributed by atoms with Crippen LogP contribution in [-0.2, 0) is 22.4 Å². The van der Waals surface area contributed by atoms with Gasteiger partial charge < -0.3 is 15.0 Å². The number of anilines is 1. The van der Waals surface area contributed by atoms with E-state index in [4.69, 9.17) is 9.72 Å². The molecular weight excluding hydrogens is 395 g/mol. The molecule has 1 aliphatic carbocycles. The summed E-state index contributed by atoms with van der Waals surface area (Å²) in [6, 6.07) is 6.02. The fourth-order valence-electron chi connectivity index (χ4n) is 4.74. The van der Waals surface area contributed by atoms with Gasteiger partial charge in [-0.25, -0.2) is 14.4 Å². The molecule has 0 bridgehead atoms. The summed E-state index contributed by atoms with van der Waals surface area (Å²) >= 11 is 0. The highest BCUT2D eigenvalue weighted by atomic mass is 19.1. The highest BCUT2D eigenvalue weighted by Crippen LogP contribution is 2.40. The van der Waals surface area contributed by atoms with Crippen LogP contribution in [0, 0.1) is 11.2 Å². The zero-order valence-electron chi connectivity index (χ0n) is 18.7. The Kier molecular flexibility index (Phi) is 5.97. The van der Waals surface area contributed by atoms with Crippen LogP contribution in [0.15, 0.2) is 30.5 Å². The van der Waals surface area contributed by atoms with Crippen molar-refractivity contribution in [3.05, 3.63) is 53.1 Å². The summed E-state index contributed by atoms with van der Waals surface area (Å²) in [5.41, 5.74) is 2.63. The number of nitrogens with zero attached hydrogens (tertiary/aromatic N) is 3. The Balaban J connectivity index is 1.53. The Hall–Kier alpha value is -2.54. The molecule has 7 heteroatoms. The molecule has 1 aliphatic heterocycles. The van der Waals surface area contributed by atoms with Crippen molar-refractivity contribution in [1.82, 2.24) is 15.3 Å². The average molecular weight is 427 g/mol. The molecule has 1 amide bonds. The number of carbonyl (C=O) groups excluding carboxylic acids is 1. The van der Waals surface area contributed by atoms with Gasteiger partial charge in [-0.15, -0.1) is 0 Å². The van der Waals surface area contributed by atoms with Crippen molar-refractivity contribution in [2.45, 2.75) is 65.2 Å². The molecule has 3 unspecified atom stereocenters. The summed E-state index contributed by atoms with van der Waals surface area (Å²) in [6.45, 7) is 10.0. The van der Waals surface area contributed by atoms with E-state index >= 15 is 0 Å². The number of carbonyl (C=O) groups is 1. The van der Waals surface area contributed by atoms with Crippen LogP contribution < -0.4 is 10.2 Å². The van der Waals surface area contributed by atoms with E-state index < -0.39 is 0 Å². The predicted molar refractivity (Wildman–Crippen MR) is 117 cm³/mol. The molecule has 0 saturated carbocycles. The highest BCUT2D eigenvalue weighted by Gasteiger charge is 2.35. The van der Waals surface area contributed by atoms with Gasteiger partial charge >= 0.3 is 0 Å². The number of nitrogens with one attached hydrogen (secondary N) is 1. The predicted octanol–water partition coefficient (Wildman–Crippen LogP) is 3.60. The number of morpholine rings is 1. The van der Waals surface area contributed by atoms with E-state index in [2.05, 4.69) is 42.9 Å². The summed E-state index contributed by atoms with van der Waals surface area (Å²) in [5, 5.41) is 3.14. The molecule has 2 aliphatic rings. The van der Waals surface area contributed by atoms with Crippen LogP contribution in [0.3, 0.4) is 0 Å². The molecule has 1 aromatic heterocycles. The lowest BCUT2D eigenvalue weighted by Crippen LogP contribution is -2.46. The summed E-state index contributed by atoms with van der Waals surface area (Å²) in [4.78, 5) is 24.4. The second kappa shape index (κ2) is 8.54. The van der Waals surface area contributed by atoms with E-state index in [0.29, 0.717) is 5.56 Å². The number of hydrogen-bond acceptors (Lipinski definition) is 5. The maximum atomic E-state index is 13.5. The third kappa shape index (κ3) is 5.21. The molecule has 0 spiro atoms. The number of fused-ring (bicyclic) bond motifs is 1. The number of hydrogen-bond donors (Lipinski definition) is 1. The van der Waals surface area contributed by atoms with Crippen LogP contribution in [0.5, 0.6) is 0 Å². The zero-order valence-corrected chi connectivity index (χ0v) is 18.7. The Labute approximate surface area is 183 Å². The highest BCUT2D eigenvalue weighted by molar-refractivity contribution is 5.79. The first-order valence-corrected chi connectivity index (χ1v) is 11.0. The van der Waals surface area contributed by atoms with Gasteiger partial charge in [-0.2, -0.15) is 0 Å². The van der Waals surface area contributed by atoms with Crippen LogP contribution >= 0.6 is 0 Å². The van der Waals surface area contributed by atoms with Gasteiger partial charge in [-0.1, -0.05) is 26.0 Å². The number of amides is 1. The lowest BCUT2D eigenvalue weighted by Gasteiger charge is -2.38. The van der Waals surface area contributed by atoms with Gasteiger partial charge in [-0.3, -0.25) is 4.79 Å². The van der Waals surface area contributed by atoms with Crippen LogP contribution in [0.4, 0.5) is 10.3 Å². The Morgan fingerprint density at radius 2 is 2.03 bits per heavy atom. The quantitative estimate of drug-likeness (QED) is 0.809. The van der Waals surface area contributed by atoms with E-state index in [1.54, 1.807) is 12.1 Å². The van der Waals surface area contributed by atoms with E-state index in [0.717, 1.165) is 43.1 Å². The number of rotatable bonds is 4. The molecule has 6 nitrogen and oxygen atoms in total. The standard InChI is InChI=1S/C24H31FN4O2/c1-15-13-29(14-16(2)31-15)23-26-12-19-20(10-24(3,4)11-21(19)28-23)27-22(30)9-17-6-5-7-18(25)8-17/h5-8,12,15-16,20H,9-11,13-14H2,1-4H3,(H,27,30). The van der Waals surface area contributed by atoms with E-state index in [-0.39, 0.29) is 41.8 Å². The van der Waals surface area contributed by atoms with Gasteiger partial charge in [0.15, 0.2) is 0 Å². The molecule has 2 heterocycles. The number of aromatic nitrogens is 2. The molecule has 1 fully saturated rings. The zero-order chi connectivity index (χ0) is 22.2. The molecule has 1 aromatic carbocycles. The third-order valence-corrected chi connectivity index (χ3v) is 5.96. The van der Waals surface area contributed by atoms with E-state index in [9.17, 15) is 9.18 Å². The molecule has 1 N–H and O–H groups in total. The van der Waals surface area contributed by atoms with Gasteiger partial charge in [0, 0.05) is 24.8 Å². The second-order valence-corrected chi connectivity index (χ2v) is 9.71. The number of ether oxygens (including phenoxy) is 1. The minimum Gasteiger partial charge on any atom is -0.372 e. The summed E-state index contributed by atoms with van der Waals surface area (Å²) < 4.78 is 19.3. The lowest BCUT2D eigenvalue weighted by molar-refractivity contribution is -0.121. The van der Waals surface area contributed by atoms with Gasteiger partial charge in [0.05, 0.1) is 30.4 Å². The topological polar surface area (TPSA) is 67.4 Å². The first-order valence-electron chi connectivity index (χ1n) is 11.0. The Morgan fingerprint density at radius 3 is 2.74 bits per heavy atom. The van der Waals surface area contributed by atoms with Crippen LogP contribution in [0.25, 0.3) is 0 Å². The molecule has 1 saturated heterocycles. The van der Waals surface area contributed by atoms with Crippen LogP contribution in [-0.4, -0.2) is 41.2 Å². The fourth-order valence-corrected chi connectivity index (χ4v) is 4.74. The SMILES string of the molecule is CC1CN(c2ncc3c(n2)CC(C)(C)CC3NC(=O)Cc2cccc(F)c2)CC(C)O1. The first kappa shape index (κ1) is 21.7.